The normalized spacial score (nSPS) is 18.8. The molecule has 0 radical (unpaired) electrons. The number of hydrogen-bond donors (Lipinski definition) is 4. The van der Waals surface area contributed by atoms with E-state index in [0.29, 0.717) is 13.0 Å². The molecule has 456 valence electrons. The van der Waals surface area contributed by atoms with Gasteiger partial charge in [-0.1, -0.05) is 280 Å². The highest BCUT2D eigenvalue weighted by atomic mass is 32.3. The Morgan fingerprint density at radius 1 is 0.500 bits per heavy atom. The Balaban J connectivity index is 2.24. The van der Waals surface area contributed by atoms with E-state index in [4.69, 9.17) is 18.9 Å². The molecule has 0 amide bonds. The van der Waals surface area contributed by atoms with Gasteiger partial charge in [0.2, 0.25) is 0 Å². The first-order valence-corrected chi connectivity index (χ1v) is 33.4. The van der Waals surface area contributed by atoms with Crippen LogP contribution in [-0.4, -0.2) is 97.5 Å². The molecule has 1 aliphatic heterocycles. The zero-order valence-electron chi connectivity index (χ0n) is 49.7. The fraction of sp³-hybridized carbons (Fsp3) is 0.831. The number of carbonyl (C=O) groups excluding carboxylic acids is 1. The van der Waals surface area contributed by atoms with Gasteiger partial charge < -0.3 is 34.3 Å². The zero-order chi connectivity index (χ0) is 56.7. The number of carbonyl (C=O) groups is 1. The second kappa shape index (κ2) is 55.3. The number of aliphatic hydroxyl groups excluding tert-OH is 3. The first-order valence-electron chi connectivity index (χ1n) is 32.0. The van der Waals surface area contributed by atoms with E-state index in [1.165, 1.54) is 180 Å². The first-order chi connectivity index (χ1) is 38.1. The molecular formula is C65H118O12S. The number of hydrogen-bond acceptors (Lipinski definition) is 11. The second-order valence-corrected chi connectivity index (χ2v) is 23.0. The lowest BCUT2D eigenvalue weighted by molar-refractivity contribution is -0.301. The molecule has 0 aromatic heterocycles. The standard InChI is InChI=1S/C65H118O12S/c1-3-5-7-9-11-13-15-17-19-21-23-25-27-29-31-33-35-37-39-41-43-45-47-49-51-53-55-73-57-59(58-74-65-63(69)64(77-78(70,71)72)62(68)60(56-66)76-65)75-61(67)54-52-50-48-46-44-42-40-38-36-34-32-30-28-26-24-22-20-18-16-14-12-10-8-6-4-2/h5,7,11,13,17,19,23,25,29,31,59-60,62-66,68-69H,3-4,6,8-10,12,14-16,18,20-22,24,26-28,30,32-58H2,1-2H3,(H,70,71,72)/b7-5-,13-11-,19-17-,25-23-,31-29-. The van der Waals surface area contributed by atoms with Crippen molar-refractivity contribution >= 4 is 16.4 Å². The monoisotopic (exact) mass is 1120 g/mol. The van der Waals surface area contributed by atoms with Crippen molar-refractivity contribution in [1.29, 1.82) is 0 Å². The minimum Gasteiger partial charge on any atom is -0.457 e. The Kier molecular flexibility index (Phi) is 52.4. The summed E-state index contributed by atoms with van der Waals surface area (Å²) in [7, 11) is -5.07. The molecule has 13 heteroatoms. The third-order valence-electron chi connectivity index (χ3n) is 14.7. The van der Waals surface area contributed by atoms with Crippen LogP contribution in [0.1, 0.15) is 284 Å². The molecule has 1 rings (SSSR count). The van der Waals surface area contributed by atoms with Gasteiger partial charge >= 0.3 is 16.4 Å². The van der Waals surface area contributed by atoms with E-state index in [-0.39, 0.29) is 19.6 Å². The summed E-state index contributed by atoms with van der Waals surface area (Å²) in [5, 5.41) is 30.9. The number of aliphatic hydroxyl groups is 3. The number of allylic oxidation sites excluding steroid dienone is 10. The predicted octanol–water partition coefficient (Wildman–Crippen LogP) is 16.8. The number of ether oxygens (including phenoxy) is 4. The van der Waals surface area contributed by atoms with Gasteiger partial charge in [0.05, 0.1) is 19.8 Å². The molecule has 1 aliphatic rings. The van der Waals surface area contributed by atoms with Crippen molar-refractivity contribution in [2.24, 2.45) is 0 Å². The SMILES string of the molecule is CC/C=C\C/C=C\C/C=C\C/C=C\C/C=C\CCCCCCCCCCCCOCC(COC1OC(CO)C(O)C(OS(=O)(=O)O)C1O)OC(=O)CCCCCCCCCCCCCCCCCCCCCCCCCCC. The molecule has 0 saturated carbocycles. The molecule has 6 atom stereocenters. The summed E-state index contributed by atoms with van der Waals surface area (Å²) in [6.07, 6.45) is 64.1. The lowest BCUT2D eigenvalue weighted by atomic mass is 9.99. The topological polar surface area (TPSA) is 178 Å². The van der Waals surface area contributed by atoms with Crippen LogP contribution in [0.25, 0.3) is 0 Å². The average molecular weight is 1120 g/mol. The average Bonchev–Trinajstić information content (AvgIpc) is 3.42. The second-order valence-electron chi connectivity index (χ2n) is 22.0. The maximum atomic E-state index is 13.0. The van der Waals surface area contributed by atoms with Crippen molar-refractivity contribution < 1.29 is 56.2 Å². The summed E-state index contributed by atoms with van der Waals surface area (Å²) in [6.45, 7) is 3.92. The van der Waals surface area contributed by atoms with Crippen LogP contribution in [0.4, 0.5) is 0 Å². The summed E-state index contributed by atoms with van der Waals surface area (Å²) >= 11 is 0. The van der Waals surface area contributed by atoms with Crippen molar-refractivity contribution in [3.8, 4) is 0 Å². The third-order valence-corrected chi connectivity index (χ3v) is 15.1. The first kappa shape index (κ1) is 73.8. The van der Waals surface area contributed by atoms with Crippen LogP contribution in [-0.2, 0) is 38.3 Å². The fourth-order valence-corrected chi connectivity index (χ4v) is 10.4. The summed E-state index contributed by atoms with van der Waals surface area (Å²) in [6, 6.07) is 0. The van der Waals surface area contributed by atoms with Gasteiger partial charge in [0, 0.05) is 13.0 Å². The molecule has 6 unspecified atom stereocenters. The Morgan fingerprint density at radius 3 is 1.29 bits per heavy atom. The highest BCUT2D eigenvalue weighted by Crippen LogP contribution is 2.26. The fourth-order valence-electron chi connectivity index (χ4n) is 9.88. The minimum atomic E-state index is -5.07. The largest absolute Gasteiger partial charge is 0.457 e. The van der Waals surface area contributed by atoms with Crippen molar-refractivity contribution in [2.75, 3.05) is 26.4 Å². The molecule has 1 fully saturated rings. The Labute approximate surface area is 478 Å². The molecule has 0 aliphatic carbocycles. The maximum Gasteiger partial charge on any atom is 0.397 e. The van der Waals surface area contributed by atoms with Gasteiger partial charge in [-0.25, -0.2) is 4.18 Å². The minimum absolute atomic E-state index is 0.0338. The van der Waals surface area contributed by atoms with E-state index in [1.807, 2.05) is 0 Å². The number of unbranched alkanes of at least 4 members (excludes halogenated alkanes) is 34. The Hall–Kier alpha value is -2.20. The summed E-state index contributed by atoms with van der Waals surface area (Å²) < 4.78 is 59.6. The third kappa shape index (κ3) is 47.4. The maximum absolute atomic E-state index is 13.0. The van der Waals surface area contributed by atoms with Crippen LogP contribution in [0.5, 0.6) is 0 Å². The van der Waals surface area contributed by atoms with Gasteiger partial charge in [-0.2, -0.15) is 8.42 Å². The van der Waals surface area contributed by atoms with Crippen molar-refractivity contribution in [3.63, 3.8) is 0 Å². The highest BCUT2D eigenvalue weighted by Gasteiger charge is 2.48. The van der Waals surface area contributed by atoms with E-state index in [9.17, 15) is 33.1 Å². The van der Waals surface area contributed by atoms with Crippen LogP contribution in [0.3, 0.4) is 0 Å². The van der Waals surface area contributed by atoms with Gasteiger partial charge in [-0.15, -0.1) is 0 Å². The predicted molar refractivity (Wildman–Crippen MR) is 322 cm³/mol. The molecule has 0 aromatic rings. The van der Waals surface area contributed by atoms with E-state index >= 15 is 0 Å². The molecule has 78 heavy (non-hydrogen) atoms. The van der Waals surface area contributed by atoms with Crippen molar-refractivity contribution in [3.05, 3.63) is 60.8 Å². The van der Waals surface area contributed by atoms with Crippen molar-refractivity contribution in [1.82, 2.24) is 0 Å². The number of esters is 1. The van der Waals surface area contributed by atoms with E-state index in [2.05, 4.69) is 78.8 Å². The lowest BCUT2D eigenvalue weighted by Gasteiger charge is -2.41. The van der Waals surface area contributed by atoms with Crippen LogP contribution in [0.2, 0.25) is 0 Å². The lowest BCUT2D eigenvalue weighted by Crippen LogP contribution is -2.60. The summed E-state index contributed by atoms with van der Waals surface area (Å²) in [5.41, 5.74) is 0. The molecule has 0 bridgehead atoms. The van der Waals surface area contributed by atoms with Gasteiger partial charge in [0.15, 0.2) is 6.29 Å². The summed E-state index contributed by atoms with van der Waals surface area (Å²) in [4.78, 5) is 13.0. The smallest absolute Gasteiger partial charge is 0.397 e. The summed E-state index contributed by atoms with van der Waals surface area (Å²) in [5.74, 6) is -0.395. The van der Waals surface area contributed by atoms with Crippen LogP contribution < -0.4 is 0 Å². The van der Waals surface area contributed by atoms with Gasteiger partial charge in [-0.3, -0.25) is 9.35 Å². The molecule has 0 aromatic carbocycles. The van der Waals surface area contributed by atoms with Crippen LogP contribution in [0, 0.1) is 0 Å². The van der Waals surface area contributed by atoms with Crippen LogP contribution >= 0.6 is 0 Å². The molecular weight excluding hydrogens is 1000 g/mol. The molecule has 0 spiro atoms. The highest BCUT2D eigenvalue weighted by molar-refractivity contribution is 7.80. The van der Waals surface area contributed by atoms with Crippen LogP contribution in [0.15, 0.2) is 60.8 Å². The van der Waals surface area contributed by atoms with Gasteiger partial charge in [0.1, 0.15) is 30.5 Å². The molecule has 12 nitrogen and oxygen atoms in total. The van der Waals surface area contributed by atoms with E-state index < -0.39 is 59.8 Å². The van der Waals surface area contributed by atoms with Gasteiger partial charge in [0.25, 0.3) is 0 Å². The van der Waals surface area contributed by atoms with E-state index in [0.717, 1.165) is 77.0 Å². The van der Waals surface area contributed by atoms with Gasteiger partial charge in [-0.05, 0) is 57.8 Å². The molecule has 1 heterocycles. The quantitative estimate of drug-likeness (QED) is 0.0196. The van der Waals surface area contributed by atoms with E-state index in [1.54, 1.807) is 0 Å². The number of rotatable bonds is 57. The van der Waals surface area contributed by atoms with Crippen molar-refractivity contribution in [2.45, 2.75) is 320 Å². The zero-order valence-corrected chi connectivity index (χ0v) is 50.5. The molecule has 4 N–H and O–H groups in total. The Bertz CT molecular complexity index is 1580. The Morgan fingerprint density at radius 2 is 0.885 bits per heavy atom. The molecule has 1 saturated heterocycles.